The Labute approximate surface area is 189 Å². The van der Waals surface area contributed by atoms with E-state index < -0.39 is 0 Å². The van der Waals surface area contributed by atoms with Crippen molar-refractivity contribution in [2.45, 2.75) is 6.92 Å². The van der Waals surface area contributed by atoms with Gasteiger partial charge in [-0.2, -0.15) is 15.0 Å². The van der Waals surface area contributed by atoms with Crippen LogP contribution in [0.3, 0.4) is 0 Å². The molecule has 166 valence electrons. The first-order chi connectivity index (χ1) is 15.7. The van der Waals surface area contributed by atoms with E-state index in [4.69, 9.17) is 15.0 Å². The van der Waals surface area contributed by atoms with E-state index in [9.17, 15) is 0 Å². The summed E-state index contributed by atoms with van der Waals surface area (Å²) in [4.78, 5) is 21.4. The molecule has 8 heteroatoms. The van der Waals surface area contributed by atoms with Gasteiger partial charge in [0, 0.05) is 63.7 Å². The molecule has 0 aliphatic carbocycles. The molecular weight excluding hydrogens is 400 g/mol. The number of para-hydroxylation sites is 1. The molecule has 2 saturated heterocycles. The fourth-order valence-corrected chi connectivity index (χ4v) is 4.13. The van der Waals surface area contributed by atoms with E-state index in [1.807, 2.05) is 0 Å². The minimum Gasteiger partial charge on any atom is -0.368 e. The van der Waals surface area contributed by atoms with Gasteiger partial charge in [-0.25, -0.2) is 0 Å². The fourth-order valence-electron chi connectivity index (χ4n) is 4.13. The van der Waals surface area contributed by atoms with E-state index in [1.165, 1.54) is 11.3 Å². The highest BCUT2D eigenvalue weighted by Gasteiger charge is 2.23. The number of piperazine rings is 2. The van der Waals surface area contributed by atoms with Crippen LogP contribution in [0.25, 0.3) is 0 Å². The van der Waals surface area contributed by atoms with Gasteiger partial charge in [0.05, 0.1) is 0 Å². The Balaban J connectivity index is 1.37. The van der Waals surface area contributed by atoms with Gasteiger partial charge in [-0.1, -0.05) is 35.9 Å². The topological polar surface area (TPSA) is 72.5 Å². The summed E-state index contributed by atoms with van der Waals surface area (Å²) in [5.74, 6) is 2.09. The maximum absolute atomic E-state index is 4.88. The van der Waals surface area contributed by atoms with E-state index in [-0.39, 0.29) is 0 Å². The molecule has 0 spiro atoms. The minimum atomic E-state index is 0.595. The molecule has 1 aromatic heterocycles. The monoisotopic (exact) mass is 430 g/mol. The van der Waals surface area contributed by atoms with Gasteiger partial charge in [0.1, 0.15) is 0 Å². The van der Waals surface area contributed by atoms with Crippen LogP contribution in [0, 0.1) is 6.92 Å². The van der Waals surface area contributed by atoms with Crippen LogP contribution in [-0.4, -0.2) is 67.3 Å². The maximum Gasteiger partial charge on any atom is 0.233 e. The highest BCUT2D eigenvalue weighted by molar-refractivity contribution is 5.57. The molecule has 5 rings (SSSR count). The number of aromatic nitrogens is 3. The second-order valence-corrected chi connectivity index (χ2v) is 8.30. The van der Waals surface area contributed by atoms with Gasteiger partial charge >= 0.3 is 0 Å². The van der Waals surface area contributed by atoms with E-state index in [0.29, 0.717) is 5.95 Å². The van der Waals surface area contributed by atoms with Crippen molar-refractivity contribution in [1.82, 2.24) is 20.3 Å². The lowest BCUT2D eigenvalue weighted by molar-refractivity contribution is 0.577. The van der Waals surface area contributed by atoms with Gasteiger partial charge < -0.3 is 25.3 Å². The quantitative estimate of drug-likeness (QED) is 0.640. The van der Waals surface area contributed by atoms with E-state index in [2.05, 4.69) is 86.9 Å². The average molecular weight is 431 g/mol. The molecule has 8 nitrogen and oxygen atoms in total. The Morgan fingerprint density at radius 3 is 1.94 bits per heavy atom. The molecule has 0 atom stereocenters. The number of rotatable bonds is 5. The van der Waals surface area contributed by atoms with Crippen LogP contribution in [0.1, 0.15) is 5.56 Å². The van der Waals surface area contributed by atoms with Crippen molar-refractivity contribution in [1.29, 1.82) is 0 Å². The first-order valence-electron chi connectivity index (χ1n) is 11.3. The number of hydrogen-bond donors (Lipinski definition) is 2. The lowest BCUT2D eigenvalue weighted by Gasteiger charge is -2.36. The number of aryl methyl sites for hydroxylation is 1. The highest BCUT2D eigenvalue weighted by Crippen LogP contribution is 2.23. The number of benzene rings is 2. The third kappa shape index (κ3) is 4.75. The summed E-state index contributed by atoms with van der Waals surface area (Å²) in [6.07, 6.45) is 0. The number of nitrogens with zero attached hydrogens (tertiary/aromatic N) is 6. The molecule has 0 radical (unpaired) electrons. The molecule has 0 saturated carbocycles. The third-order valence-corrected chi connectivity index (χ3v) is 6.00. The second-order valence-electron chi connectivity index (χ2n) is 8.30. The molecule has 3 heterocycles. The van der Waals surface area contributed by atoms with Gasteiger partial charge in [-0.3, -0.25) is 0 Å². The summed E-state index contributed by atoms with van der Waals surface area (Å²) in [5.41, 5.74) is 3.48. The molecule has 2 aliphatic heterocycles. The van der Waals surface area contributed by atoms with Gasteiger partial charge in [0.25, 0.3) is 0 Å². The zero-order valence-corrected chi connectivity index (χ0v) is 18.5. The van der Waals surface area contributed by atoms with Crippen LogP contribution in [0.2, 0.25) is 0 Å². The second kappa shape index (κ2) is 9.40. The zero-order chi connectivity index (χ0) is 21.8. The normalized spacial score (nSPS) is 16.8. The predicted octanol–water partition coefficient (Wildman–Crippen LogP) is 2.66. The molecule has 0 amide bonds. The summed E-state index contributed by atoms with van der Waals surface area (Å²) in [6, 6.07) is 18.9. The Morgan fingerprint density at radius 1 is 0.688 bits per heavy atom. The predicted molar refractivity (Wildman–Crippen MR) is 130 cm³/mol. The molecule has 0 bridgehead atoms. The SMILES string of the molecule is Cc1ccc(Nc2nc(N3CCNCC3)nc(N3CCN(c4ccccc4)CC3)n2)cc1. The smallest absolute Gasteiger partial charge is 0.233 e. The average Bonchev–Trinajstić information content (AvgIpc) is 2.86. The summed E-state index contributed by atoms with van der Waals surface area (Å²) in [6.45, 7) is 9.41. The maximum atomic E-state index is 4.88. The summed E-state index contributed by atoms with van der Waals surface area (Å²) < 4.78 is 0. The van der Waals surface area contributed by atoms with Crippen molar-refractivity contribution in [3.8, 4) is 0 Å². The summed E-state index contributed by atoms with van der Waals surface area (Å²) >= 11 is 0. The Hall–Kier alpha value is -3.39. The standard InChI is InChI=1S/C24H30N8/c1-19-7-9-20(10-8-19)26-22-27-23(31-13-11-25-12-14-31)29-24(28-22)32-17-15-30(16-18-32)21-5-3-2-4-6-21/h2-10,25H,11-18H2,1H3,(H,26,27,28,29). The van der Waals surface area contributed by atoms with Crippen LogP contribution in [0.4, 0.5) is 29.2 Å². The Kier molecular flexibility index (Phi) is 6.02. The molecule has 0 unspecified atom stereocenters. The van der Waals surface area contributed by atoms with Crippen molar-refractivity contribution in [2.75, 3.05) is 72.4 Å². The number of nitrogens with one attached hydrogen (secondary N) is 2. The summed E-state index contributed by atoms with van der Waals surface area (Å²) in [7, 11) is 0. The van der Waals surface area contributed by atoms with Gasteiger partial charge in [-0.05, 0) is 31.2 Å². The van der Waals surface area contributed by atoms with Gasteiger partial charge in [0.2, 0.25) is 17.8 Å². The Morgan fingerprint density at radius 2 is 1.28 bits per heavy atom. The van der Waals surface area contributed by atoms with Crippen LogP contribution >= 0.6 is 0 Å². The van der Waals surface area contributed by atoms with Gasteiger partial charge in [0.15, 0.2) is 0 Å². The van der Waals surface area contributed by atoms with Crippen molar-refractivity contribution in [3.63, 3.8) is 0 Å². The Bertz CT molecular complexity index is 1010. The summed E-state index contributed by atoms with van der Waals surface area (Å²) in [5, 5.41) is 6.78. The number of hydrogen-bond acceptors (Lipinski definition) is 8. The van der Waals surface area contributed by atoms with Crippen molar-refractivity contribution < 1.29 is 0 Å². The lowest BCUT2D eigenvalue weighted by atomic mass is 10.2. The molecular formula is C24H30N8. The van der Waals surface area contributed by atoms with Crippen LogP contribution in [0.5, 0.6) is 0 Å². The molecule has 2 N–H and O–H groups in total. The van der Waals surface area contributed by atoms with Crippen LogP contribution in [0.15, 0.2) is 54.6 Å². The number of anilines is 5. The lowest BCUT2D eigenvalue weighted by Crippen LogP contribution is -2.47. The van der Waals surface area contributed by atoms with Crippen molar-refractivity contribution in [2.24, 2.45) is 0 Å². The highest BCUT2D eigenvalue weighted by atomic mass is 15.4. The van der Waals surface area contributed by atoms with Crippen LogP contribution < -0.4 is 25.3 Å². The van der Waals surface area contributed by atoms with Crippen molar-refractivity contribution >= 4 is 29.2 Å². The van der Waals surface area contributed by atoms with Crippen molar-refractivity contribution in [3.05, 3.63) is 60.2 Å². The molecule has 3 aromatic rings. The third-order valence-electron chi connectivity index (χ3n) is 6.00. The zero-order valence-electron chi connectivity index (χ0n) is 18.5. The molecule has 32 heavy (non-hydrogen) atoms. The first-order valence-corrected chi connectivity index (χ1v) is 11.3. The van der Waals surface area contributed by atoms with Gasteiger partial charge in [-0.15, -0.1) is 0 Å². The van der Waals surface area contributed by atoms with Crippen LogP contribution in [-0.2, 0) is 0 Å². The molecule has 2 aliphatic rings. The van der Waals surface area contributed by atoms with E-state index >= 15 is 0 Å². The van der Waals surface area contributed by atoms with E-state index in [0.717, 1.165) is 69.9 Å². The molecule has 2 aromatic carbocycles. The van der Waals surface area contributed by atoms with E-state index in [1.54, 1.807) is 0 Å². The fraction of sp³-hybridized carbons (Fsp3) is 0.375. The molecule has 2 fully saturated rings. The first kappa shape index (κ1) is 20.5. The minimum absolute atomic E-state index is 0.595. The largest absolute Gasteiger partial charge is 0.368 e.